The lowest BCUT2D eigenvalue weighted by Crippen LogP contribution is -2.24. The molecule has 7 nitrogen and oxygen atoms in total. The lowest BCUT2D eigenvalue weighted by Gasteiger charge is -2.11. The van der Waals surface area contributed by atoms with Crippen LogP contribution in [0.25, 0.3) is 0 Å². The highest BCUT2D eigenvalue weighted by atomic mass is 35.5. The van der Waals surface area contributed by atoms with Gasteiger partial charge in [0.15, 0.2) is 11.5 Å². The summed E-state index contributed by atoms with van der Waals surface area (Å²) in [5.74, 6) is 0.0465. The van der Waals surface area contributed by atoms with Crippen molar-refractivity contribution in [2.75, 3.05) is 12.4 Å². The molecule has 3 rings (SSSR count). The Kier molecular flexibility index (Phi) is 8.90. The first kappa shape index (κ1) is 25.1. The Morgan fingerprint density at radius 2 is 1.74 bits per heavy atom. The Balaban J connectivity index is 1.51. The van der Waals surface area contributed by atoms with Crippen LogP contribution in [0.2, 0.25) is 10.0 Å². The minimum Gasteiger partial charge on any atom is -0.493 e. The first-order valence-corrected chi connectivity index (χ1v) is 11.0. The van der Waals surface area contributed by atoms with E-state index in [0.29, 0.717) is 39.4 Å². The summed E-state index contributed by atoms with van der Waals surface area (Å²) in [4.78, 5) is 24.1. The number of benzene rings is 3. The van der Waals surface area contributed by atoms with Gasteiger partial charge in [-0.1, -0.05) is 41.4 Å². The number of amides is 2. The van der Waals surface area contributed by atoms with E-state index in [0.717, 1.165) is 11.1 Å². The van der Waals surface area contributed by atoms with Crippen molar-refractivity contribution in [3.63, 3.8) is 0 Å². The normalized spacial score (nSPS) is 10.7. The number of nitrogens with one attached hydrogen (secondary N) is 2. The van der Waals surface area contributed by atoms with Gasteiger partial charge in [0, 0.05) is 15.7 Å². The van der Waals surface area contributed by atoms with Gasteiger partial charge < -0.3 is 14.8 Å². The molecule has 3 aromatic rings. The minimum atomic E-state index is -0.554. The van der Waals surface area contributed by atoms with Gasteiger partial charge in [0.2, 0.25) is 11.8 Å². The molecule has 176 valence electrons. The fraction of sp³-hybridized carbons (Fsp3) is 0.160. The number of hydrogen-bond donors (Lipinski definition) is 2. The Hall–Kier alpha value is -3.55. The molecule has 34 heavy (non-hydrogen) atoms. The van der Waals surface area contributed by atoms with Gasteiger partial charge in [-0.3, -0.25) is 9.59 Å². The number of carbonyl (C=O) groups is 2. The summed E-state index contributed by atoms with van der Waals surface area (Å²) >= 11 is 11.9. The Morgan fingerprint density at radius 1 is 0.971 bits per heavy atom. The molecular formula is C25H23Cl2N3O4. The third-order valence-electron chi connectivity index (χ3n) is 4.67. The van der Waals surface area contributed by atoms with E-state index in [-0.39, 0.29) is 6.42 Å². The van der Waals surface area contributed by atoms with Crippen LogP contribution in [0.3, 0.4) is 0 Å². The lowest BCUT2D eigenvalue weighted by atomic mass is 10.2. The fourth-order valence-electron chi connectivity index (χ4n) is 2.87. The molecule has 9 heteroatoms. The molecule has 0 bridgehead atoms. The van der Waals surface area contributed by atoms with Gasteiger partial charge >= 0.3 is 0 Å². The number of carbonyl (C=O) groups excluding carboxylic acids is 2. The summed E-state index contributed by atoms with van der Waals surface area (Å²) in [6.07, 6.45) is 1.06. The van der Waals surface area contributed by atoms with Crippen LogP contribution >= 0.6 is 23.2 Å². The average molecular weight is 500 g/mol. The summed E-state index contributed by atoms with van der Waals surface area (Å²) in [6.45, 7) is 2.21. The van der Waals surface area contributed by atoms with Crippen molar-refractivity contribution in [2.24, 2.45) is 5.10 Å². The summed E-state index contributed by atoms with van der Waals surface area (Å²) in [7, 11) is 1.53. The van der Waals surface area contributed by atoms with Crippen molar-refractivity contribution in [2.45, 2.75) is 20.0 Å². The zero-order valence-corrected chi connectivity index (χ0v) is 20.1. The van der Waals surface area contributed by atoms with Gasteiger partial charge in [-0.25, -0.2) is 5.43 Å². The van der Waals surface area contributed by atoms with E-state index in [1.807, 2.05) is 19.1 Å². The second-order valence-corrected chi connectivity index (χ2v) is 8.15. The van der Waals surface area contributed by atoms with Crippen LogP contribution in [-0.2, 0) is 16.2 Å². The zero-order chi connectivity index (χ0) is 24.5. The highest BCUT2D eigenvalue weighted by molar-refractivity contribution is 6.31. The molecule has 0 unspecified atom stereocenters. The molecule has 2 N–H and O–H groups in total. The van der Waals surface area contributed by atoms with Crippen LogP contribution in [0.5, 0.6) is 11.5 Å². The maximum absolute atomic E-state index is 12.1. The van der Waals surface area contributed by atoms with Crippen molar-refractivity contribution < 1.29 is 19.1 Å². The molecule has 0 aliphatic carbocycles. The van der Waals surface area contributed by atoms with E-state index in [9.17, 15) is 9.59 Å². The Bertz CT molecular complexity index is 1200. The molecule has 0 aliphatic rings. The van der Waals surface area contributed by atoms with Crippen LogP contribution < -0.4 is 20.2 Å². The first-order chi connectivity index (χ1) is 16.3. The van der Waals surface area contributed by atoms with Crippen LogP contribution in [0.4, 0.5) is 5.69 Å². The molecule has 0 aromatic heterocycles. The number of aryl methyl sites for hydroxylation is 1. The number of ether oxygens (including phenoxy) is 2. The monoisotopic (exact) mass is 499 g/mol. The Morgan fingerprint density at radius 3 is 2.44 bits per heavy atom. The number of hydrogen-bond acceptors (Lipinski definition) is 5. The summed E-state index contributed by atoms with van der Waals surface area (Å²) < 4.78 is 11.2. The molecule has 0 aliphatic heterocycles. The predicted octanol–water partition coefficient (Wildman–Crippen LogP) is 5.37. The van der Waals surface area contributed by atoms with Gasteiger partial charge in [-0.15, -0.1) is 0 Å². The first-order valence-electron chi connectivity index (χ1n) is 10.3. The summed E-state index contributed by atoms with van der Waals surface area (Å²) in [6, 6.07) is 17.7. The van der Waals surface area contributed by atoms with Gasteiger partial charge in [-0.2, -0.15) is 5.10 Å². The standard InChI is InChI=1S/C25H23Cl2N3O4/c1-16-3-9-20(12-21(16)27)29-24(31)13-25(32)30-28-14-18-6-10-22(23(11-18)33-2)34-15-17-4-7-19(26)8-5-17/h3-12,14H,13,15H2,1-2H3,(H,29,31)(H,30,32). The maximum Gasteiger partial charge on any atom is 0.249 e. The van der Waals surface area contributed by atoms with Crippen LogP contribution in [-0.4, -0.2) is 25.1 Å². The van der Waals surface area contributed by atoms with Crippen molar-refractivity contribution in [1.29, 1.82) is 0 Å². The third-order valence-corrected chi connectivity index (χ3v) is 5.33. The molecule has 2 amide bonds. The van der Waals surface area contributed by atoms with Crippen molar-refractivity contribution >= 4 is 46.9 Å². The van der Waals surface area contributed by atoms with E-state index < -0.39 is 11.8 Å². The molecule has 0 fully saturated rings. The SMILES string of the molecule is COc1cc(C=NNC(=O)CC(=O)Nc2ccc(C)c(Cl)c2)ccc1OCc1ccc(Cl)cc1. The maximum atomic E-state index is 12.1. The Labute approximate surface area is 207 Å². The molecule has 0 saturated heterocycles. The topological polar surface area (TPSA) is 89.0 Å². The van der Waals surface area contributed by atoms with Crippen LogP contribution in [0.1, 0.15) is 23.1 Å². The van der Waals surface area contributed by atoms with Crippen molar-refractivity contribution in [3.05, 3.63) is 87.4 Å². The quantitative estimate of drug-likeness (QED) is 0.235. The molecule has 0 radical (unpaired) electrons. The lowest BCUT2D eigenvalue weighted by molar-refractivity contribution is -0.126. The van der Waals surface area contributed by atoms with Gasteiger partial charge in [-0.05, 0) is 66.1 Å². The molecule has 3 aromatic carbocycles. The summed E-state index contributed by atoms with van der Waals surface area (Å²) in [5, 5.41) is 7.72. The number of hydrazone groups is 1. The zero-order valence-electron chi connectivity index (χ0n) is 18.6. The van der Waals surface area contributed by atoms with Crippen molar-refractivity contribution in [1.82, 2.24) is 5.43 Å². The average Bonchev–Trinajstić information content (AvgIpc) is 2.81. The molecular weight excluding hydrogens is 477 g/mol. The van der Waals surface area contributed by atoms with E-state index in [1.54, 1.807) is 48.5 Å². The number of anilines is 1. The van der Waals surface area contributed by atoms with E-state index in [4.69, 9.17) is 32.7 Å². The second kappa shape index (κ2) is 12.1. The summed E-state index contributed by atoms with van der Waals surface area (Å²) in [5.41, 5.74) is 5.38. The number of methoxy groups -OCH3 is 1. The van der Waals surface area contributed by atoms with E-state index >= 15 is 0 Å². The minimum absolute atomic E-state index is 0.355. The number of nitrogens with zero attached hydrogens (tertiary/aromatic N) is 1. The predicted molar refractivity (Wildman–Crippen MR) is 134 cm³/mol. The second-order valence-electron chi connectivity index (χ2n) is 7.31. The molecule has 0 spiro atoms. The number of halogens is 2. The smallest absolute Gasteiger partial charge is 0.249 e. The van der Waals surface area contributed by atoms with E-state index in [1.165, 1.54) is 13.3 Å². The van der Waals surface area contributed by atoms with Gasteiger partial charge in [0.1, 0.15) is 13.0 Å². The fourth-order valence-corrected chi connectivity index (χ4v) is 3.17. The van der Waals surface area contributed by atoms with Gasteiger partial charge in [0.05, 0.1) is 13.3 Å². The highest BCUT2D eigenvalue weighted by Crippen LogP contribution is 2.28. The highest BCUT2D eigenvalue weighted by Gasteiger charge is 2.10. The largest absolute Gasteiger partial charge is 0.493 e. The molecule has 0 atom stereocenters. The van der Waals surface area contributed by atoms with Crippen LogP contribution in [0.15, 0.2) is 65.8 Å². The number of rotatable bonds is 9. The van der Waals surface area contributed by atoms with Crippen molar-refractivity contribution in [3.8, 4) is 11.5 Å². The third kappa shape index (κ3) is 7.50. The van der Waals surface area contributed by atoms with E-state index in [2.05, 4.69) is 15.8 Å². The van der Waals surface area contributed by atoms with Gasteiger partial charge in [0.25, 0.3) is 0 Å². The molecule has 0 saturated carbocycles. The molecule has 0 heterocycles. The van der Waals surface area contributed by atoms with Crippen LogP contribution in [0, 0.1) is 6.92 Å².